The predicted octanol–water partition coefficient (Wildman–Crippen LogP) is 2.10. The Morgan fingerprint density at radius 1 is 1.61 bits per heavy atom. The average molecular weight is 250 g/mol. The SMILES string of the molecule is Cc1occc1C(=O)NCC1NCCCC1(C)C. The van der Waals surface area contributed by atoms with Crippen molar-refractivity contribution in [1.82, 2.24) is 10.6 Å². The molecule has 1 atom stereocenters. The van der Waals surface area contributed by atoms with Gasteiger partial charge in [-0.15, -0.1) is 0 Å². The summed E-state index contributed by atoms with van der Waals surface area (Å²) in [4.78, 5) is 12.0. The van der Waals surface area contributed by atoms with Gasteiger partial charge in [-0.25, -0.2) is 0 Å². The summed E-state index contributed by atoms with van der Waals surface area (Å²) >= 11 is 0. The van der Waals surface area contributed by atoms with Crippen LogP contribution in [0.4, 0.5) is 0 Å². The van der Waals surface area contributed by atoms with Gasteiger partial charge in [-0.3, -0.25) is 4.79 Å². The van der Waals surface area contributed by atoms with Gasteiger partial charge in [0.15, 0.2) is 0 Å². The van der Waals surface area contributed by atoms with E-state index in [4.69, 9.17) is 4.42 Å². The first-order valence-electron chi connectivity index (χ1n) is 6.56. The Balaban J connectivity index is 1.91. The molecule has 0 saturated carbocycles. The van der Waals surface area contributed by atoms with E-state index in [1.54, 1.807) is 19.3 Å². The van der Waals surface area contributed by atoms with E-state index in [0.29, 0.717) is 23.9 Å². The summed E-state index contributed by atoms with van der Waals surface area (Å²) in [6.07, 6.45) is 3.95. The Bertz CT molecular complexity index is 423. The highest BCUT2D eigenvalue weighted by molar-refractivity contribution is 5.95. The molecule has 1 aliphatic heterocycles. The lowest BCUT2D eigenvalue weighted by atomic mass is 9.77. The van der Waals surface area contributed by atoms with Crippen LogP contribution in [-0.4, -0.2) is 25.0 Å². The molecule has 0 aliphatic carbocycles. The number of aryl methyl sites for hydroxylation is 1. The second kappa shape index (κ2) is 5.14. The van der Waals surface area contributed by atoms with Crippen molar-refractivity contribution in [2.24, 2.45) is 5.41 Å². The Hall–Kier alpha value is -1.29. The molecular weight excluding hydrogens is 228 g/mol. The molecule has 1 aliphatic rings. The maximum Gasteiger partial charge on any atom is 0.254 e. The fourth-order valence-electron chi connectivity index (χ4n) is 2.53. The van der Waals surface area contributed by atoms with Gasteiger partial charge >= 0.3 is 0 Å². The van der Waals surface area contributed by atoms with Crippen LogP contribution < -0.4 is 10.6 Å². The molecule has 0 spiro atoms. The Kier molecular flexibility index (Phi) is 3.76. The standard InChI is InChI=1S/C14H22N2O2/c1-10-11(5-8-18-10)13(17)16-9-12-14(2,3)6-4-7-15-12/h5,8,12,15H,4,6-7,9H2,1-3H3,(H,16,17). The van der Waals surface area contributed by atoms with Crippen molar-refractivity contribution in [3.63, 3.8) is 0 Å². The van der Waals surface area contributed by atoms with Crippen molar-refractivity contribution < 1.29 is 9.21 Å². The summed E-state index contributed by atoms with van der Waals surface area (Å²) in [6, 6.07) is 2.05. The van der Waals surface area contributed by atoms with Crippen LogP contribution in [0.25, 0.3) is 0 Å². The summed E-state index contributed by atoms with van der Waals surface area (Å²) in [5.41, 5.74) is 0.861. The van der Waals surface area contributed by atoms with Crippen molar-refractivity contribution >= 4 is 5.91 Å². The van der Waals surface area contributed by atoms with Crippen molar-refractivity contribution in [3.8, 4) is 0 Å². The van der Waals surface area contributed by atoms with E-state index in [-0.39, 0.29) is 11.3 Å². The molecule has 1 aromatic rings. The highest BCUT2D eigenvalue weighted by atomic mass is 16.3. The number of carbonyl (C=O) groups is 1. The van der Waals surface area contributed by atoms with Crippen LogP contribution >= 0.6 is 0 Å². The van der Waals surface area contributed by atoms with E-state index in [1.165, 1.54) is 12.8 Å². The molecule has 4 heteroatoms. The van der Waals surface area contributed by atoms with Crippen molar-refractivity contribution in [2.75, 3.05) is 13.1 Å². The second-order valence-electron chi connectivity index (χ2n) is 5.70. The molecule has 1 fully saturated rings. The van der Waals surface area contributed by atoms with Gasteiger partial charge < -0.3 is 15.1 Å². The zero-order chi connectivity index (χ0) is 13.2. The molecule has 2 heterocycles. The summed E-state index contributed by atoms with van der Waals surface area (Å²) in [7, 11) is 0. The van der Waals surface area contributed by atoms with E-state index in [9.17, 15) is 4.79 Å². The maximum atomic E-state index is 12.0. The van der Waals surface area contributed by atoms with Gasteiger partial charge in [0.25, 0.3) is 5.91 Å². The van der Waals surface area contributed by atoms with E-state index in [0.717, 1.165) is 6.54 Å². The molecule has 2 rings (SSSR count). The number of rotatable bonds is 3. The molecule has 0 aromatic carbocycles. The second-order valence-corrected chi connectivity index (χ2v) is 5.70. The lowest BCUT2D eigenvalue weighted by Crippen LogP contribution is -2.52. The molecule has 0 bridgehead atoms. The quantitative estimate of drug-likeness (QED) is 0.863. The minimum absolute atomic E-state index is 0.0515. The fraction of sp³-hybridized carbons (Fsp3) is 0.643. The van der Waals surface area contributed by atoms with Crippen LogP contribution in [0.3, 0.4) is 0 Å². The van der Waals surface area contributed by atoms with Gasteiger partial charge in [-0.1, -0.05) is 13.8 Å². The topological polar surface area (TPSA) is 54.3 Å². The van der Waals surface area contributed by atoms with E-state index < -0.39 is 0 Å². The normalized spacial score (nSPS) is 22.7. The molecule has 1 aromatic heterocycles. The molecule has 1 amide bonds. The average Bonchev–Trinajstić information content (AvgIpc) is 2.73. The fourth-order valence-corrected chi connectivity index (χ4v) is 2.53. The van der Waals surface area contributed by atoms with Crippen LogP contribution in [0.15, 0.2) is 16.7 Å². The molecule has 100 valence electrons. The Morgan fingerprint density at radius 3 is 3.00 bits per heavy atom. The van der Waals surface area contributed by atoms with Crippen LogP contribution in [0.1, 0.15) is 42.8 Å². The number of nitrogens with one attached hydrogen (secondary N) is 2. The van der Waals surface area contributed by atoms with Crippen LogP contribution in [0.2, 0.25) is 0 Å². The first-order valence-corrected chi connectivity index (χ1v) is 6.56. The molecule has 4 nitrogen and oxygen atoms in total. The zero-order valence-corrected chi connectivity index (χ0v) is 11.4. The third-order valence-electron chi connectivity index (χ3n) is 3.90. The van der Waals surface area contributed by atoms with Crippen LogP contribution in [0, 0.1) is 12.3 Å². The van der Waals surface area contributed by atoms with Gasteiger partial charge in [0.1, 0.15) is 5.76 Å². The summed E-state index contributed by atoms with van der Waals surface area (Å²) < 4.78 is 5.14. The van der Waals surface area contributed by atoms with Gasteiger partial charge in [0.2, 0.25) is 0 Å². The maximum absolute atomic E-state index is 12.0. The third-order valence-corrected chi connectivity index (χ3v) is 3.90. The van der Waals surface area contributed by atoms with Crippen LogP contribution in [-0.2, 0) is 0 Å². The van der Waals surface area contributed by atoms with Crippen molar-refractivity contribution in [3.05, 3.63) is 23.7 Å². The van der Waals surface area contributed by atoms with Gasteiger partial charge in [-0.05, 0) is 37.8 Å². The molecule has 0 radical (unpaired) electrons. The number of carbonyl (C=O) groups excluding carboxylic acids is 1. The zero-order valence-electron chi connectivity index (χ0n) is 11.4. The smallest absolute Gasteiger partial charge is 0.254 e. The molecular formula is C14H22N2O2. The highest BCUT2D eigenvalue weighted by Crippen LogP contribution is 2.29. The summed E-state index contributed by atoms with van der Waals surface area (Å²) in [5.74, 6) is 0.618. The molecule has 2 N–H and O–H groups in total. The first kappa shape index (κ1) is 13.1. The Labute approximate surface area is 108 Å². The monoisotopic (exact) mass is 250 g/mol. The number of amides is 1. The first-order chi connectivity index (χ1) is 8.50. The van der Waals surface area contributed by atoms with Crippen molar-refractivity contribution in [1.29, 1.82) is 0 Å². The minimum atomic E-state index is -0.0515. The van der Waals surface area contributed by atoms with E-state index in [2.05, 4.69) is 24.5 Å². The molecule has 1 saturated heterocycles. The molecule has 1 unspecified atom stereocenters. The van der Waals surface area contributed by atoms with Gasteiger partial charge in [0, 0.05) is 12.6 Å². The highest BCUT2D eigenvalue weighted by Gasteiger charge is 2.32. The Morgan fingerprint density at radius 2 is 2.39 bits per heavy atom. The van der Waals surface area contributed by atoms with Crippen molar-refractivity contribution in [2.45, 2.75) is 39.7 Å². The minimum Gasteiger partial charge on any atom is -0.469 e. The predicted molar refractivity (Wildman–Crippen MR) is 70.6 cm³/mol. The number of piperidine rings is 1. The third kappa shape index (κ3) is 2.75. The lowest BCUT2D eigenvalue weighted by Gasteiger charge is -2.39. The number of furan rings is 1. The van der Waals surface area contributed by atoms with Crippen LogP contribution in [0.5, 0.6) is 0 Å². The molecule has 18 heavy (non-hydrogen) atoms. The number of hydrogen-bond donors (Lipinski definition) is 2. The van der Waals surface area contributed by atoms with E-state index in [1.807, 2.05) is 0 Å². The summed E-state index contributed by atoms with van der Waals surface area (Å²) in [6.45, 7) is 8.00. The largest absolute Gasteiger partial charge is 0.469 e. The van der Waals surface area contributed by atoms with Gasteiger partial charge in [-0.2, -0.15) is 0 Å². The van der Waals surface area contributed by atoms with Gasteiger partial charge in [0.05, 0.1) is 11.8 Å². The van der Waals surface area contributed by atoms with E-state index >= 15 is 0 Å². The number of hydrogen-bond acceptors (Lipinski definition) is 3. The lowest BCUT2D eigenvalue weighted by molar-refractivity contribution is 0.0927. The summed E-state index contributed by atoms with van der Waals surface area (Å²) in [5, 5.41) is 6.48.